The van der Waals surface area contributed by atoms with E-state index >= 15 is 0 Å². The van der Waals surface area contributed by atoms with Crippen LogP contribution in [0.3, 0.4) is 0 Å². The summed E-state index contributed by atoms with van der Waals surface area (Å²) in [6, 6.07) is 7.82. The summed E-state index contributed by atoms with van der Waals surface area (Å²) in [5.41, 5.74) is 2.07. The number of amides is 1. The van der Waals surface area contributed by atoms with Crippen molar-refractivity contribution in [3.05, 3.63) is 42.2 Å². The number of aryl methyl sites for hydroxylation is 1. The van der Waals surface area contributed by atoms with Crippen molar-refractivity contribution in [2.75, 3.05) is 31.6 Å². The Morgan fingerprint density at radius 2 is 1.92 bits per heavy atom. The van der Waals surface area contributed by atoms with Gasteiger partial charge in [0.1, 0.15) is 11.8 Å². The summed E-state index contributed by atoms with van der Waals surface area (Å²) in [4.78, 5) is 17.3. The van der Waals surface area contributed by atoms with Crippen LogP contribution in [0, 0.1) is 6.92 Å². The minimum Gasteiger partial charge on any atom is -0.497 e. The first-order chi connectivity index (χ1) is 12.3. The molecule has 1 saturated heterocycles. The Morgan fingerprint density at radius 3 is 2.46 bits per heavy atom. The van der Waals surface area contributed by atoms with Gasteiger partial charge in [-0.2, -0.15) is 5.10 Å². The monoisotopic (exact) mass is 356 g/mol. The molecule has 0 spiro atoms. The van der Waals surface area contributed by atoms with Gasteiger partial charge < -0.3 is 14.5 Å². The molecule has 1 fully saturated rings. The number of methoxy groups -OCH3 is 1. The molecule has 0 aliphatic carbocycles. The van der Waals surface area contributed by atoms with Gasteiger partial charge in [-0.25, -0.2) is 0 Å². The SMILES string of the molecule is COc1ccc(N2CCN(C(=O)[C@@H](C)n3cc(C)cn3)CC2(C)C)cc1. The summed E-state index contributed by atoms with van der Waals surface area (Å²) in [6.07, 6.45) is 3.71. The van der Waals surface area contributed by atoms with Crippen LogP contribution in [0.25, 0.3) is 0 Å². The number of hydrogen-bond donors (Lipinski definition) is 0. The number of carbonyl (C=O) groups excluding carboxylic acids is 1. The number of anilines is 1. The van der Waals surface area contributed by atoms with E-state index in [4.69, 9.17) is 4.74 Å². The van der Waals surface area contributed by atoms with Crippen LogP contribution in [-0.4, -0.2) is 52.9 Å². The lowest BCUT2D eigenvalue weighted by atomic mass is 9.97. The topological polar surface area (TPSA) is 50.6 Å². The van der Waals surface area contributed by atoms with E-state index < -0.39 is 0 Å². The molecule has 0 bridgehead atoms. The fourth-order valence-electron chi connectivity index (χ4n) is 3.61. The molecule has 3 rings (SSSR count). The van der Waals surface area contributed by atoms with Gasteiger partial charge in [0.25, 0.3) is 0 Å². The second-order valence-electron chi connectivity index (χ2n) is 7.60. The second-order valence-corrected chi connectivity index (χ2v) is 7.60. The Bertz CT molecular complexity index is 766. The van der Waals surface area contributed by atoms with Crippen molar-refractivity contribution in [3.63, 3.8) is 0 Å². The first-order valence-corrected chi connectivity index (χ1v) is 9.03. The van der Waals surface area contributed by atoms with Gasteiger partial charge in [0, 0.05) is 31.5 Å². The van der Waals surface area contributed by atoms with E-state index in [-0.39, 0.29) is 17.5 Å². The number of carbonyl (C=O) groups is 1. The van der Waals surface area contributed by atoms with Crippen LogP contribution in [0.5, 0.6) is 5.75 Å². The highest BCUT2D eigenvalue weighted by Gasteiger charge is 2.37. The largest absolute Gasteiger partial charge is 0.497 e. The van der Waals surface area contributed by atoms with Crippen LogP contribution in [0.4, 0.5) is 5.69 Å². The fourth-order valence-corrected chi connectivity index (χ4v) is 3.61. The Labute approximate surface area is 155 Å². The number of piperazine rings is 1. The molecule has 0 N–H and O–H groups in total. The lowest BCUT2D eigenvalue weighted by Crippen LogP contribution is -2.61. The van der Waals surface area contributed by atoms with Crippen molar-refractivity contribution in [2.24, 2.45) is 0 Å². The van der Waals surface area contributed by atoms with E-state index in [0.717, 1.165) is 23.5 Å². The van der Waals surface area contributed by atoms with Crippen LogP contribution in [-0.2, 0) is 4.79 Å². The van der Waals surface area contributed by atoms with Gasteiger partial charge in [-0.15, -0.1) is 0 Å². The molecule has 1 aliphatic rings. The molecule has 26 heavy (non-hydrogen) atoms. The number of benzene rings is 1. The zero-order chi connectivity index (χ0) is 18.9. The van der Waals surface area contributed by atoms with E-state index in [1.165, 1.54) is 0 Å². The quantitative estimate of drug-likeness (QED) is 0.845. The van der Waals surface area contributed by atoms with Gasteiger partial charge in [0.2, 0.25) is 5.91 Å². The molecule has 1 atom stereocenters. The van der Waals surface area contributed by atoms with Crippen molar-refractivity contribution < 1.29 is 9.53 Å². The summed E-state index contributed by atoms with van der Waals surface area (Å²) in [5, 5.41) is 4.29. The molecule has 0 unspecified atom stereocenters. The number of hydrogen-bond acceptors (Lipinski definition) is 4. The summed E-state index contributed by atoms with van der Waals surface area (Å²) < 4.78 is 7.00. The summed E-state index contributed by atoms with van der Waals surface area (Å²) >= 11 is 0. The van der Waals surface area contributed by atoms with E-state index in [2.05, 4.69) is 36.0 Å². The molecule has 1 amide bonds. The molecule has 140 valence electrons. The van der Waals surface area contributed by atoms with Crippen LogP contribution >= 0.6 is 0 Å². The zero-order valence-corrected chi connectivity index (χ0v) is 16.3. The number of ether oxygens (including phenoxy) is 1. The second kappa shape index (κ2) is 7.02. The molecule has 6 nitrogen and oxygen atoms in total. The normalized spacial score (nSPS) is 17.9. The predicted octanol–water partition coefficient (Wildman–Crippen LogP) is 2.89. The molecule has 2 heterocycles. The van der Waals surface area contributed by atoms with Gasteiger partial charge in [0.15, 0.2) is 0 Å². The highest BCUT2D eigenvalue weighted by molar-refractivity contribution is 5.80. The summed E-state index contributed by atoms with van der Waals surface area (Å²) in [7, 11) is 1.67. The van der Waals surface area contributed by atoms with Crippen molar-refractivity contribution in [1.29, 1.82) is 0 Å². The third-order valence-electron chi connectivity index (χ3n) is 5.08. The smallest absolute Gasteiger partial charge is 0.247 e. The van der Waals surface area contributed by atoms with Crippen molar-refractivity contribution in [2.45, 2.75) is 39.3 Å². The Kier molecular flexibility index (Phi) is 4.94. The third kappa shape index (κ3) is 3.54. The molecule has 2 aromatic rings. The zero-order valence-electron chi connectivity index (χ0n) is 16.3. The average molecular weight is 356 g/mol. The van der Waals surface area contributed by atoms with Crippen molar-refractivity contribution in [3.8, 4) is 5.75 Å². The van der Waals surface area contributed by atoms with Gasteiger partial charge >= 0.3 is 0 Å². The molecule has 0 saturated carbocycles. The van der Waals surface area contributed by atoms with E-state index in [1.807, 2.05) is 37.1 Å². The van der Waals surface area contributed by atoms with E-state index in [1.54, 1.807) is 18.0 Å². The molecular formula is C20H28N4O2. The lowest BCUT2D eigenvalue weighted by Gasteiger charge is -2.49. The van der Waals surface area contributed by atoms with Gasteiger partial charge in [0.05, 0.1) is 18.8 Å². The first-order valence-electron chi connectivity index (χ1n) is 9.03. The summed E-state index contributed by atoms with van der Waals surface area (Å²) in [6.45, 7) is 10.4. The number of aromatic nitrogens is 2. The van der Waals surface area contributed by atoms with Crippen LogP contribution in [0.15, 0.2) is 36.7 Å². The minimum atomic E-state index is -0.285. The molecular weight excluding hydrogens is 328 g/mol. The maximum atomic E-state index is 13.0. The van der Waals surface area contributed by atoms with Gasteiger partial charge in [-0.3, -0.25) is 9.48 Å². The molecule has 0 radical (unpaired) electrons. The highest BCUT2D eigenvalue weighted by atomic mass is 16.5. The maximum absolute atomic E-state index is 13.0. The molecule has 1 aromatic carbocycles. The van der Waals surface area contributed by atoms with E-state index in [9.17, 15) is 4.79 Å². The predicted molar refractivity (Wildman–Crippen MR) is 103 cm³/mol. The minimum absolute atomic E-state index is 0.121. The van der Waals surface area contributed by atoms with Crippen LogP contribution < -0.4 is 9.64 Å². The van der Waals surface area contributed by atoms with Crippen molar-refractivity contribution in [1.82, 2.24) is 14.7 Å². The van der Waals surface area contributed by atoms with E-state index in [0.29, 0.717) is 13.1 Å². The fraction of sp³-hybridized carbons (Fsp3) is 0.500. The maximum Gasteiger partial charge on any atom is 0.247 e. The molecule has 1 aromatic heterocycles. The Hall–Kier alpha value is -2.50. The van der Waals surface area contributed by atoms with Gasteiger partial charge in [-0.05, 0) is 57.5 Å². The molecule has 1 aliphatic heterocycles. The van der Waals surface area contributed by atoms with Crippen molar-refractivity contribution >= 4 is 11.6 Å². The molecule has 6 heteroatoms. The number of nitrogens with zero attached hydrogens (tertiary/aromatic N) is 4. The average Bonchev–Trinajstić information content (AvgIpc) is 3.06. The highest BCUT2D eigenvalue weighted by Crippen LogP contribution is 2.30. The third-order valence-corrected chi connectivity index (χ3v) is 5.08. The Balaban J connectivity index is 1.72. The van der Waals surface area contributed by atoms with Crippen LogP contribution in [0.2, 0.25) is 0 Å². The lowest BCUT2D eigenvalue weighted by molar-refractivity contribution is -0.136. The standard InChI is InChI=1S/C20H28N4O2/c1-15-12-21-24(13-15)16(2)19(25)22-10-11-23(20(3,4)14-22)17-6-8-18(26-5)9-7-17/h6-9,12-13,16H,10-11,14H2,1-5H3/t16-/m1/s1. The van der Waals surface area contributed by atoms with Crippen LogP contribution in [0.1, 0.15) is 32.4 Å². The first kappa shape index (κ1) is 18.3. The number of rotatable bonds is 4. The summed E-state index contributed by atoms with van der Waals surface area (Å²) in [5.74, 6) is 0.972. The Morgan fingerprint density at radius 1 is 1.23 bits per heavy atom. The van der Waals surface area contributed by atoms with Gasteiger partial charge in [-0.1, -0.05) is 0 Å².